The van der Waals surface area contributed by atoms with E-state index in [1.807, 2.05) is 0 Å². The maximum atomic E-state index is 13.4. The van der Waals surface area contributed by atoms with E-state index in [1.165, 1.54) is 24.8 Å². The Morgan fingerprint density at radius 1 is 0.932 bits per heavy atom. The molecule has 0 aromatic heterocycles. The smallest absolute Gasteiger partial charge is 0.310 e. The van der Waals surface area contributed by atoms with Gasteiger partial charge in [0.15, 0.2) is 0 Å². The highest BCUT2D eigenvalue weighted by Crippen LogP contribution is 2.89. The molecule has 1 heterocycles. The highest BCUT2D eigenvalue weighted by atomic mass is 16.5. The van der Waals surface area contributed by atoms with Gasteiger partial charge in [-0.15, -0.1) is 0 Å². The minimum Gasteiger partial charge on any atom is -0.481 e. The second kappa shape index (κ2) is 10.7. The molecule has 6 fully saturated rings. The van der Waals surface area contributed by atoms with E-state index in [2.05, 4.69) is 40.7 Å². The standard InChI is InChI=1S/C36H58O8/c1-19(2)8-7-9-20(3)21-12-13-33(5)24-10-11-25-34(6,31(42)43)22(30-29(41)28(40)27(39)23(17-37)44-30)16-26(38)36(25)18-35(24,36)15-14-32(21,33)4/h8,20-30,37-41H,7,9-18H2,1-6H3,(H,42,43). The molecule has 1 aliphatic heterocycles. The van der Waals surface area contributed by atoms with Crippen molar-refractivity contribution in [2.24, 2.45) is 56.7 Å². The maximum Gasteiger partial charge on any atom is 0.310 e. The zero-order valence-corrected chi connectivity index (χ0v) is 27.7. The van der Waals surface area contributed by atoms with Crippen molar-refractivity contribution in [2.75, 3.05) is 6.61 Å². The fourth-order valence-electron chi connectivity index (χ4n) is 13.2. The van der Waals surface area contributed by atoms with Gasteiger partial charge in [-0.2, -0.15) is 0 Å². The summed E-state index contributed by atoms with van der Waals surface area (Å²) < 4.78 is 5.97. The first-order valence-corrected chi connectivity index (χ1v) is 17.4. The summed E-state index contributed by atoms with van der Waals surface area (Å²) in [6.45, 7) is 13.1. The number of aliphatic hydroxyl groups excluding tert-OH is 5. The van der Waals surface area contributed by atoms with Crippen molar-refractivity contribution in [3.8, 4) is 0 Å². The Hall–Kier alpha value is -1.03. The average molecular weight is 619 g/mol. The topological polar surface area (TPSA) is 148 Å². The van der Waals surface area contributed by atoms with Crippen molar-refractivity contribution in [1.29, 1.82) is 0 Å². The Labute approximate surface area is 263 Å². The minimum absolute atomic E-state index is 0.0825. The Bertz CT molecular complexity index is 1170. The predicted molar refractivity (Wildman–Crippen MR) is 165 cm³/mol. The second-order valence-electron chi connectivity index (χ2n) is 17.1. The molecule has 250 valence electrons. The van der Waals surface area contributed by atoms with Crippen LogP contribution in [0.3, 0.4) is 0 Å². The molecule has 0 bridgehead atoms. The zero-order valence-electron chi connectivity index (χ0n) is 27.7. The van der Waals surface area contributed by atoms with Crippen LogP contribution in [-0.4, -0.2) is 79.8 Å². The molecular formula is C36H58O8. The van der Waals surface area contributed by atoms with Gasteiger partial charge >= 0.3 is 5.97 Å². The third-order valence-corrected chi connectivity index (χ3v) is 15.6. The Balaban J connectivity index is 1.31. The molecule has 16 atom stereocenters. The highest BCUT2D eigenvalue weighted by molar-refractivity contribution is 5.76. The molecule has 2 spiro atoms. The largest absolute Gasteiger partial charge is 0.481 e. The summed E-state index contributed by atoms with van der Waals surface area (Å²) in [5.74, 6) is -0.290. The second-order valence-corrected chi connectivity index (χ2v) is 17.1. The van der Waals surface area contributed by atoms with Crippen LogP contribution in [0.2, 0.25) is 0 Å². The van der Waals surface area contributed by atoms with Crippen LogP contribution in [0.4, 0.5) is 0 Å². The fraction of sp³-hybridized carbons (Fsp3) is 0.917. The van der Waals surface area contributed by atoms with Gasteiger partial charge in [-0.3, -0.25) is 4.79 Å². The normalized spacial score (nSPS) is 55.2. The Morgan fingerprint density at radius 2 is 1.61 bits per heavy atom. The first-order chi connectivity index (χ1) is 20.6. The molecule has 0 aromatic rings. The summed E-state index contributed by atoms with van der Waals surface area (Å²) in [7, 11) is 0. The van der Waals surface area contributed by atoms with Crippen LogP contribution in [0.15, 0.2) is 11.6 Å². The number of rotatable bonds is 7. The maximum absolute atomic E-state index is 13.4. The van der Waals surface area contributed by atoms with Gasteiger partial charge in [0.25, 0.3) is 0 Å². The summed E-state index contributed by atoms with van der Waals surface area (Å²) in [6.07, 6.45) is 4.31. The number of ether oxygens (including phenoxy) is 1. The summed E-state index contributed by atoms with van der Waals surface area (Å²) >= 11 is 0. The number of hydrogen-bond donors (Lipinski definition) is 6. The third-order valence-electron chi connectivity index (χ3n) is 15.6. The van der Waals surface area contributed by atoms with Gasteiger partial charge in [0.2, 0.25) is 0 Å². The molecule has 6 aliphatic rings. The molecule has 6 rings (SSSR count). The van der Waals surface area contributed by atoms with E-state index in [0.717, 1.165) is 32.1 Å². The molecule has 5 aliphatic carbocycles. The monoisotopic (exact) mass is 618 g/mol. The van der Waals surface area contributed by atoms with Crippen LogP contribution in [0.1, 0.15) is 106 Å². The molecule has 1 saturated heterocycles. The lowest BCUT2D eigenvalue weighted by Crippen LogP contribution is -2.68. The molecule has 5 saturated carbocycles. The third kappa shape index (κ3) is 4.06. The molecule has 6 N–H and O–H groups in total. The summed E-state index contributed by atoms with van der Waals surface area (Å²) in [4.78, 5) is 13.4. The number of hydrogen-bond acceptors (Lipinski definition) is 7. The molecular weight excluding hydrogens is 560 g/mol. The molecule has 44 heavy (non-hydrogen) atoms. The number of allylic oxidation sites excluding steroid dienone is 2. The van der Waals surface area contributed by atoms with Crippen molar-refractivity contribution in [2.45, 2.75) is 142 Å². The van der Waals surface area contributed by atoms with E-state index in [4.69, 9.17) is 4.74 Å². The summed E-state index contributed by atoms with van der Waals surface area (Å²) in [5.41, 5.74) is -0.128. The first kappa shape index (κ1) is 32.9. The van der Waals surface area contributed by atoms with Gasteiger partial charge in [-0.25, -0.2) is 0 Å². The predicted octanol–water partition coefficient (Wildman–Crippen LogP) is 4.30. The van der Waals surface area contributed by atoms with E-state index in [0.29, 0.717) is 24.2 Å². The van der Waals surface area contributed by atoms with Crippen molar-refractivity contribution < 1.29 is 40.2 Å². The lowest BCUT2D eigenvalue weighted by molar-refractivity contribution is -0.271. The van der Waals surface area contributed by atoms with Crippen LogP contribution in [0, 0.1) is 56.7 Å². The lowest BCUT2D eigenvalue weighted by Gasteiger charge is -2.64. The number of carboxylic acids is 1. The van der Waals surface area contributed by atoms with Crippen molar-refractivity contribution in [3.63, 3.8) is 0 Å². The van der Waals surface area contributed by atoms with Crippen molar-refractivity contribution in [3.05, 3.63) is 11.6 Å². The molecule has 16 unspecified atom stereocenters. The van der Waals surface area contributed by atoms with E-state index >= 15 is 0 Å². The van der Waals surface area contributed by atoms with E-state index in [9.17, 15) is 35.4 Å². The zero-order chi connectivity index (χ0) is 32.2. The van der Waals surface area contributed by atoms with Crippen LogP contribution in [0.5, 0.6) is 0 Å². The van der Waals surface area contributed by atoms with Gasteiger partial charge < -0.3 is 35.4 Å². The average Bonchev–Trinajstić information content (AvgIpc) is 3.58. The van der Waals surface area contributed by atoms with Crippen LogP contribution >= 0.6 is 0 Å². The SMILES string of the molecule is CC(C)=CCCC(C)C1CCC2(C)C3CCC4C(C)(C(=O)O)C(C5OC(CO)C(O)C(O)C5O)CC(O)C45CC35CCC12C. The fourth-order valence-corrected chi connectivity index (χ4v) is 13.2. The molecule has 0 amide bonds. The van der Waals surface area contributed by atoms with Gasteiger partial charge in [-0.1, -0.05) is 32.4 Å². The molecule has 0 aromatic carbocycles. The lowest BCUT2D eigenvalue weighted by atomic mass is 9.40. The van der Waals surface area contributed by atoms with Crippen molar-refractivity contribution >= 4 is 5.97 Å². The highest BCUT2D eigenvalue weighted by Gasteiger charge is 2.86. The Morgan fingerprint density at radius 3 is 2.25 bits per heavy atom. The van der Waals surface area contributed by atoms with Crippen LogP contribution < -0.4 is 0 Å². The quantitative estimate of drug-likeness (QED) is 0.232. The molecule has 0 radical (unpaired) electrons. The summed E-state index contributed by atoms with van der Waals surface area (Å²) in [6, 6.07) is 0. The van der Waals surface area contributed by atoms with Gasteiger partial charge in [0, 0.05) is 11.3 Å². The van der Waals surface area contributed by atoms with Gasteiger partial charge in [-0.05, 0) is 125 Å². The first-order valence-electron chi connectivity index (χ1n) is 17.4. The Kier molecular flexibility index (Phi) is 8.03. The van der Waals surface area contributed by atoms with Crippen LogP contribution in [0.25, 0.3) is 0 Å². The summed E-state index contributed by atoms with van der Waals surface area (Å²) in [5, 5.41) is 65.0. The van der Waals surface area contributed by atoms with Gasteiger partial charge in [0.05, 0.1) is 24.2 Å². The van der Waals surface area contributed by atoms with E-state index < -0.39 is 65.9 Å². The number of aliphatic carboxylic acids is 1. The minimum atomic E-state index is -1.57. The van der Waals surface area contributed by atoms with Crippen LogP contribution in [-0.2, 0) is 9.53 Å². The molecule has 8 heteroatoms. The van der Waals surface area contributed by atoms with E-state index in [-0.39, 0.29) is 28.6 Å². The number of carbonyl (C=O) groups is 1. The van der Waals surface area contributed by atoms with E-state index in [1.54, 1.807) is 6.92 Å². The van der Waals surface area contributed by atoms with Crippen molar-refractivity contribution in [1.82, 2.24) is 0 Å². The molecule has 8 nitrogen and oxygen atoms in total. The number of fused-ring (bicyclic) bond motifs is 2. The number of aliphatic hydroxyl groups is 5. The van der Waals surface area contributed by atoms with Gasteiger partial charge in [0.1, 0.15) is 24.4 Å². The number of carboxylic acid groups (broad SMARTS) is 1.